The molecule has 134 valence electrons. The Balaban J connectivity index is 1.95. The number of carbonyl (C=O) groups excluding carboxylic acids is 1. The van der Waals surface area contributed by atoms with Gasteiger partial charge in [-0.25, -0.2) is 8.42 Å². The number of nitrogens with one attached hydrogen (secondary N) is 1. The summed E-state index contributed by atoms with van der Waals surface area (Å²) in [5.74, 6) is -0.345. The number of hydrogen-bond acceptors (Lipinski definition) is 4. The average Bonchev–Trinajstić information content (AvgIpc) is 2.83. The van der Waals surface area contributed by atoms with Crippen molar-refractivity contribution in [1.82, 2.24) is 5.32 Å². The van der Waals surface area contributed by atoms with E-state index in [-0.39, 0.29) is 17.3 Å². The van der Waals surface area contributed by atoms with Crippen LogP contribution in [0.3, 0.4) is 0 Å². The van der Waals surface area contributed by atoms with Crippen molar-refractivity contribution in [3.05, 3.63) is 36.4 Å². The minimum Gasteiger partial charge on any atom is -0.348 e. The molecule has 0 radical (unpaired) electrons. The van der Waals surface area contributed by atoms with Crippen LogP contribution in [0.25, 0.3) is 10.8 Å². The molecule has 0 unspecified atom stereocenters. The molecular weight excluding hydrogens is 338 g/mol. The van der Waals surface area contributed by atoms with Crippen molar-refractivity contribution < 1.29 is 13.2 Å². The van der Waals surface area contributed by atoms with Gasteiger partial charge in [-0.1, -0.05) is 38.1 Å². The van der Waals surface area contributed by atoms with Crippen molar-refractivity contribution in [3.63, 3.8) is 0 Å². The maximum Gasteiger partial charge on any atom is 0.265 e. The lowest BCUT2D eigenvalue weighted by atomic mass is 9.93. The fraction of sp³-hybridized carbons (Fsp3) is 0.389. The lowest BCUT2D eigenvalue weighted by Gasteiger charge is -2.32. The fourth-order valence-corrected chi connectivity index (χ4v) is 5.03. The van der Waals surface area contributed by atoms with Crippen LogP contribution >= 0.6 is 0 Å². The Morgan fingerprint density at radius 2 is 1.80 bits per heavy atom. The summed E-state index contributed by atoms with van der Waals surface area (Å²) in [6.07, 6.45) is 1.38. The minimum atomic E-state index is -3.73. The average molecular weight is 361 g/mol. The summed E-state index contributed by atoms with van der Waals surface area (Å²) in [5.41, 5.74) is 5.87. The van der Waals surface area contributed by atoms with Crippen LogP contribution in [0.4, 0.5) is 5.69 Å². The zero-order chi connectivity index (χ0) is 18.2. The number of carbonyl (C=O) groups is 1. The van der Waals surface area contributed by atoms with Gasteiger partial charge in [0.1, 0.15) is 6.54 Å². The van der Waals surface area contributed by atoms with E-state index in [0.29, 0.717) is 30.5 Å². The largest absolute Gasteiger partial charge is 0.348 e. The highest BCUT2D eigenvalue weighted by Crippen LogP contribution is 2.41. The van der Waals surface area contributed by atoms with Crippen LogP contribution in [0.5, 0.6) is 0 Å². The highest BCUT2D eigenvalue weighted by atomic mass is 32.2. The molecule has 1 amide bonds. The molecule has 6 nitrogen and oxygen atoms in total. The summed E-state index contributed by atoms with van der Waals surface area (Å²) < 4.78 is 27.0. The van der Waals surface area contributed by atoms with Crippen molar-refractivity contribution in [2.24, 2.45) is 5.73 Å². The molecule has 1 aliphatic heterocycles. The molecule has 2 aromatic rings. The Morgan fingerprint density at radius 1 is 1.16 bits per heavy atom. The molecule has 3 N–H and O–H groups in total. The van der Waals surface area contributed by atoms with Crippen LogP contribution < -0.4 is 15.4 Å². The Labute approximate surface area is 148 Å². The second kappa shape index (κ2) is 6.31. The third-order valence-corrected chi connectivity index (χ3v) is 6.92. The molecule has 7 heteroatoms. The molecule has 0 spiro atoms. The van der Waals surface area contributed by atoms with Gasteiger partial charge >= 0.3 is 0 Å². The van der Waals surface area contributed by atoms with E-state index in [1.54, 1.807) is 24.3 Å². The van der Waals surface area contributed by atoms with Crippen LogP contribution in [0, 0.1) is 0 Å². The predicted molar refractivity (Wildman–Crippen MR) is 99.0 cm³/mol. The van der Waals surface area contributed by atoms with Gasteiger partial charge in [-0.3, -0.25) is 9.10 Å². The van der Waals surface area contributed by atoms with E-state index in [2.05, 4.69) is 5.32 Å². The topological polar surface area (TPSA) is 92.5 Å². The first kappa shape index (κ1) is 17.7. The highest BCUT2D eigenvalue weighted by molar-refractivity contribution is 7.93. The van der Waals surface area contributed by atoms with Gasteiger partial charge in [-0.05, 0) is 30.4 Å². The quantitative estimate of drug-likeness (QED) is 0.823. The van der Waals surface area contributed by atoms with Crippen LogP contribution in [0.15, 0.2) is 41.3 Å². The summed E-state index contributed by atoms with van der Waals surface area (Å²) in [6.45, 7) is 3.98. The van der Waals surface area contributed by atoms with Crippen LogP contribution in [-0.4, -0.2) is 33.0 Å². The van der Waals surface area contributed by atoms with E-state index < -0.39 is 15.6 Å². The smallest absolute Gasteiger partial charge is 0.265 e. The van der Waals surface area contributed by atoms with E-state index in [1.807, 2.05) is 26.0 Å². The van der Waals surface area contributed by atoms with Crippen molar-refractivity contribution in [2.45, 2.75) is 37.1 Å². The Bertz CT molecular complexity index is 907. The Morgan fingerprint density at radius 3 is 2.40 bits per heavy atom. The van der Waals surface area contributed by atoms with Crippen LogP contribution in [-0.2, 0) is 14.8 Å². The molecule has 2 aromatic carbocycles. The number of rotatable bonds is 6. The summed E-state index contributed by atoms with van der Waals surface area (Å²) in [6, 6.07) is 10.6. The fourth-order valence-electron chi connectivity index (χ4n) is 3.36. The van der Waals surface area contributed by atoms with E-state index >= 15 is 0 Å². The van der Waals surface area contributed by atoms with Crippen molar-refractivity contribution in [2.75, 3.05) is 17.4 Å². The van der Waals surface area contributed by atoms with Crippen molar-refractivity contribution in [3.8, 4) is 0 Å². The summed E-state index contributed by atoms with van der Waals surface area (Å²) >= 11 is 0. The lowest BCUT2D eigenvalue weighted by molar-refractivity contribution is -0.121. The first-order chi connectivity index (χ1) is 11.9. The number of nitrogens with zero attached hydrogens (tertiary/aromatic N) is 1. The Kier molecular flexibility index (Phi) is 4.47. The molecule has 25 heavy (non-hydrogen) atoms. The molecule has 0 aromatic heterocycles. The SMILES string of the molecule is CCC(CC)(CN)NC(=O)CN1c2cccc3cccc(c23)S1(=O)=O. The molecule has 0 atom stereocenters. The van der Waals surface area contributed by atoms with Gasteiger partial charge in [-0.2, -0.15) is 0 Å². The van der Waals surface area contributed by atoms with Crippen LogP contribution in [0.1, 0.15) is 26.7 Å². The molecule has 0 saturated heterocycles. The molecule has 3 rings (SSSR count). The van der Waals surface area contributed by atoms with Crippen LogP contribution in [0.2, 0.25) is 0 Å². The summed E-state index contributed by atoms with van der Waals surface area (Å²) in [7, 11) is -3.73. The summed E-state index contributed by atoms with van der Waals surface area (Å²) in [5, 5.41) is 4.45. The van der Waals surface area contributed by atoms with Gasteiger partial charge in [0, 0.05) is 11.9 Å². The normalized spacial score (nSPS) is 15.6. The van der Waals surface area contributed by atoms with Gasteiger partial charge in [0.2, 0.25) is 5.91 Å². The third-order valence-electron chi connectivity index (χ3n) is 5.12. The first-order valence-corrected chi connectivity index (χ1v) is 9.88. The molecule has 0 fully saturated rings. The van der Waals surface area contributed by atoms with E-state index in [9.17, 15) is 13.2 Å². The minimum absolute atomic E-state index is 0.252. The zero-order valence-electron chi connectivity index (χ0n) is 14.5. The van der Waals surface area contributed by atoms with Crippen molar-refractivity contribution >= 4 is 32.4 Å². The van der Waals surface area contributed by atoms with Gasteiger partial charge in [0.15, 0.2) is 0 Å². The van der Waals surface area contributed by atoms with Gasteiger partial charge in [0.05, 0.1) is 16.1 Å². The van der Waals surface area contributed by atoms with Gasteiger partial charge in [0.25, 0.3) is 10.0 Å². The van der Waals surface area contributed by atoms with E-state index in [0.717, 1.165) is 5.39 Å². The second-order valence-electron chi connectivity index (χ2n) is 6.38. The second-order valence-corrected chi connectivity index (χ2v) is 8.21. The Hall–Kier alpha value is -2.12. The number of anilines is 1. The maximum atomic E-state index is 12.9. The monoisotopic (exact) mass is 361 g/mol. The zero-order valence-corrected chi connectivity index (χ0v) is 15.3. The molecule has 1 aliphatic rings. The number of hydrogen-bond donors (Lipinski definition) is 2. The first-order valence-electron chi connectivity index (χ1n) is 8.44. The number of nitrogens with two attached hydrogens (primary N) is 1. The number of benzene rings is 2. The third kappa shape index (κ3) is 2.77. The highest BCUT2D eigenvalue weighted by Gasteiger charge is 2.37. The number of sulfonamides is 1. The maximum absolute atomic E-state index is 12.9. The van der Waals surface area contributed by atoms with Gasteiger partial charge < -0.3 is 11.1 Å². The standard InChI is InChI=1S/C18H23N3O3S/c1-3-18(4-2,12-19)20-16(22)11-21-14-9-5-7-13-8-6-10-15(17(13)14)25(21,23)24/h5-10H,3-4,11-12,19H2,1-2H3,(H,20,22). The molecule has 0 aliphatic carbocycles. The molecule has 0 saturated carbocycles. The number of amides is 1. The lowest BCUT2D eigenvalue weighted by Crippen LogP contribution is -2.55. The van der Waals surface area contributed by atoms with Gasteiger partial charge in [-0.15, -0.1) is 0 Å². The van der Waals surface area contributed by atoms with Crippen molar-refractivity contribution in [1.29, 1.82) is 0 Å². The van der Waals surface area contributed by atoms with E-state index in [4.69, 9.17) is 5.73 Å². The molecule has 1 heterocycles. The summed E-state index contributed by atoms with van der Waals surface area (Å²) in [4.78, 5) is 12.8. The molecule has 0 bridgehead atoms. The predicted octanol–water partition coefficient (Wildman–Crippen LogP) is 1.98. The molecular formula is C18H23N3O3S. The van der Waals surface area contributed by atoms with E-state index in [1.165, 1.54) is 4.31 Å².